The smallest absolute Gasteiger partial charge is 0.287 e. The van der Waals surface area contributed by atoms with E-state index in [1.54, 1.807) is 6.92 Å². The van der Waals surface area contributed by atoms with Gasteiger partial charge in [-0.25, -0.2) is 0 Å². The van der Waals surface area contributed by atoms with E-state index >= 15 is 0 Å². The van der Waals surface area contributed by atoms with Crippen molar-refractivity contribution >= 4 is 5.78 Å². The number of carbonyl (C=O) groups excluding carboxylic acids is 1. The number of ketones is 1. The fraction of sp³-hybridized carbons (Fsp3) is 0.750. The van der Waals surface area contributed by atoms with Crippen LogP contribution in [0, 0.1) is 16.0 Å². The average Bonchev–Trinajstić information content (AvgIpc) is 2.66. The van der Waals surface area contributed by atoms with Gasteiger partial charge in [0.25, 0.3) is 5.95 Å². The molecule has 0 bridgehead atoms. The highest BCUT2D eigenvalue weighted by molar-refractivity contribution is 5.98. The Balaban J connectivity index is 2.88. The molecular weight excluding hydrogens is 238 g/mol. The van der Waals surface area contributed by atoms with Gasteiger partial charge in [0.15, 0.2) is 6.61 Å². The maximum absolute atomic E-state index is 11.8. The summed E-state index contributed by atoms with van der Waals surface area (Å²) in [6.45, 7) is 3.86. The summed E-state index contributed by atoms with van der Waals surface area (Å²) in [6.07, 6.45) is 2.38. The highest BCUT2D eigenvalue weighted by atomic mass is 16.7. The minimum Gasteiger partial charge on any atom is -0.465 e. The number of unbranched alkanes of at least 4 members (excludes halogenated alkanes) is 1. The van der Waals surface area contributed by atoms with Gasteiger partial charge in [0, 0.05) is 4.92 Å². The quantitative estimate of drug-likeness (QED) is 0.490. The van der Waals surface area contributed by atoms with Gasteiger partial charge in [-0.1, -0.05) is 19.8 Å². The predicted octanol–water partition coefficient (Wildman–Crippen LogP) is 1.92. The van der Waals surface area contributed by atoms with Crippen LogP contribution in [0.2, 0.25) is 0 Å². The van der Waals surface area contributed by atoms with E-state index < -0.39 is 5.92 Å². The van der Waals surface area contributed by atoms with Gasteiger partial charge in [-0.05, 0) is 13.3 Å². The summed E-state index contributed by atoms with van der Waals surface area (Å²) in [5.41, 5.74) is 0.363. The number of carbonyl (C=O) groups is 1. The summed E-state index contributed by atoms with van der Waals surface area (Å²) in [5.74, 6) is -0.414. The van der Waals surface area contributed by atoms with Gasteiger partial charge in [0.2, 0.25) is 12.3 Å². The Labute approximate surface area is 106 Å². The van der Waals surface area contributed by atoms with Crippen LogP contribution in [0.15, 0.2) is 11.5 Å². The Bertz CT molecular complexity index is 350. The molecule has 0 aromatic carbocycles. The molecule has 0 saturated heterocycles. The van der Waals surface area contributed by atoms with E-state index in [2.05, 4.69) is 0 Å². The van der Waals surface area contributed by atoms with Crippen LogP contribution in [0.3, 0.4) is 0 Å². The Kier molecular flexibility index (Phi) is 5.61. The summed E-state index contributed by atoms with van der Waals surface area (Å²) >= 11 is 0. The molecule has 0 unspecified atom stereocenters. The number of nitro groups is 1. The lowest BCUT2D eigenvalue weighted by Crippen LogP contribution is -2.21. The topological polar surface area (TPSA) is 78.7 Å². The number of hydrogen-bond donors (Lipinski definition) is 0. The zero-order chi connectivity index (χ0) is 13.5. The second kappa shape index (κ2) is 6.98. The molecule has 0 amide bonds. The maximum Gasteiger partial charge on any atom is 0.287 e. The maximum atomic E-state index is 11.8. The molecule has 0 aromatic rings. The van der Waals surface area contributed by atoms with Crippen LogP contribution in [0.4, 0.5) is 0 Å². The highest BCUT2D eigenvalue weighted by Gasteiger charge is 2.35. The van der Waals surface area contributed by atoms with E-state index in [9.17, 15) is 14.9 Å². The van der Waals surface area contributed by atoms with Gasteiger partial charge in [-0.2, -0.15) is 0 Å². The Morgan fingerprint density at radius 2 is 2.22 bits per heavy atom. The fourth-order valence-electron chi connectivity index (χ4n) is 2.00. The van der Waals surface area contributed by atoms with Crippen molar-refractivity contribution in [3.63, 3.8) is 0 Å². The molecule has 1 rings (SSSR count). The molecule has 0 radical (unpaired) electrons. The molecule has 6 nitrogen and oxygen atoms in total. The molecule has 1 heterocycles. The molecular formula is C12H19NO5. The van der Waals surface area contributed by atoms with Crippen molar-refractivity contribution in [2.24, 2.45) is 5.92 Å². The van der Waals surface area contributed by atoms with Crippen LogP contribution in [0.5, 0.6) is 0 Å². The first-order valence-corrected chi connectivity index (χ1v) is 6.24. The van der Waals surface area contributed by atoms with E-state index in [-0.39, 0.29) is 29.8 Å². The number of ether oxygens (including phenoxy) is 2. The molecule has 1 aliphatic heterocycles. The van der Waals surface area contributed by atoms with Gasteiger partial charge in [-0.3, -0.25) is 14.9 Å². The van der Waals surface area contributed by atoms with Gasteiger partial charge in [-0.15, -0.1) is 0 Å². The molecule has 6 heteroatoms. The lowest BCUT2D eigenvalue weighted by Gasteiger charge is -2.13. The monoisotopic (exact) mass is 257 g/mol. The zero-order valence-corrected chi connectivity index (χ0v) is 10.8. The predicted molar refractivity (Wildman–Crippen MR) is 64.5 cm³/mol. The van der Waals surface area contributed by atoms with Crippen LogP contribution in [0.25, 0.3) is 0 Å². The summed E-state index contributed by atoms with van der Waals surface area (Å²) < 4.78 is 10.4. The molecule has 0 spiro atoms. The number of Topliss-reactive ketones (excluding diaryl/α,β-unsaturated/α-hetero) is 1. The first-order valence-electron chi connectivity index (χ1n) is 6.24. The fourth-order valence-corrected chi connectivity index (χ4v) is 2.00. The molecule has 18 heavy (non-hydrogen) atoms. The molecule has 1 atom stereocenters. The number of nitrogens with zero attached hydrogens (tertiary/aromatic N) is 1. The standard InChI is InChI=1S/C12H19NO5/c1-3-5-6-9(7-13(15)16)11-10(14)8-18-12(11)17-4-2/h9H,3-8H2,1-2H3/t9-/m0/s1. The van der Waals surface area contributed by atoms with Gasteiger partial charge < -0.3 is 9.47 Å². The Morgan fingerprint density at radius 1 is 1.50 bits per heavy atom. The van der Waals surface area contributed by atoms with Gasteiger partial charge in [0.05, 0.1) is 18.1 Å². The van der Waals surface area contributed by atoms with Crippen LogP contribution in [-0.4, -0.2) is 30.5 Å². The Hall–Kier alpha value is -1.59. The van der Waals surface area contributed by atoms with Crippen LogP contribution in [0.1, 0.15) is 33.1 Å². The third-order valence-electron chi connectivity index (χ3n) is 2.81. The van der Waals surface area contributed by atoms with Crippen LogP contribution >= 0.6 is 0 Å². The van der Waals surface area contributed by atoms with Crippen LogP contribution in [-0.2, 0) is 14.3 Å². The lowest BCUT2D eigenvalue weighted by atomic mass is 9.92. The molecule has 0 aromatic heterocycles. The second-order valence-corrected chi connectivity index (χ2v) is 4.20. The van der Waals surface area contributed by atoms with Crippen molar-refractivity contribution in [2.45, 2.75) is 33.1 Å². The van der Waals surface area contributed by atoms with E-state index in [1.807, 2.05) is 6.92 Å². The third kappa shape index (κ3) is 3.72. The minimum atomic E-state index is -0.406. The minimum absolute atomic E-state index is 0.0645. The zero-order valence-electron chi connectivity index (χ0n) is 10.8. The molecule has 0 saturated carbocycles. The van der Waals surface area contributed by atoms with Crippen molar-refractivity contribution in [1.29, 1.82) is 0 Å². The number of rotatable bonds is 8. The van der Waals surface area contributed by atoms with E-state index in [0.29, 0.717) is 18.6 Å². The largest absolute Gasteiger partial charge is 0.465 e. The molecule has 102 valence electrons. The van der Waals surface area contributed by atoms with E-state index in [0.717, 1.165) is 12.8 Å². The van der Waals surface area contributed by atoms with Crippen molar-refractivity contribution in [3.05, 3.63) is 21.6 Å². The lowest BCUT2D eigenvalue weighted by molar-refractivity contribution is -0.486. The first-order chi connectivity index (χ1) is 8.60. The van der Waals surface area contributed by atoms with E-state index in [4.69, 9.17) is 9.47 Å². The van der Waals surface area contributed by atoms with Crippen molar-refractivity contribution < 1.29 is 19.2 Å². The summed E-state index contributed by atoms with van der Waals surface area (Å²) in [6, 6.07) is 0. The average molecular weight is 257 g/mol. The highest BCUT2D eigenvalue weighted by Crippen LogP contribution is 2.28. The van der Waals surface area contributed by atoms with Crippen molar-refractivity contribution in [1.82, 2.24) is 0 Å². The SMILES string of the molecule is CCCC[C@@H](C[N+](=O)[O-])C1=C(OCC)OCC1=O. The second-order valence-electron chi connectivity index (χ2n) is 4.20. The number of hydrogen-bond acceptors (Lipinski definition) is 5. The molecule has 0 fully saturated rings. The Morgan fingerprint density at radius 3 is 2.78 bits per heavy atom. The molecule has 1 aliphatic rings. The normalized spacial score (nSPS) is 16.7. The summed E-state index contributed by atoms with van der Waals surface area (Å²) in [7, 11) is 0. The van der Waals surface area contributed by atoms with Crippen LogP contribution < -0.4 is 0 Å². The summed E-state index contributed by atoms with van der Waals surface area (Å²) in [4.78, 5) is 22.1. The molecule has 0 N–H and O–H groups in total. The van der Waals surface area contributed by atoms with Gasteiger partial charge >= 0.3 is 0 Å². The first kappa shape index (κ1) is 14.5. The van der Waals surface area contributed by atoms with Gasteiger partial charge in [0.1, 0.15) is 0 Å². The van der Waals surface area contributed by atoms with Crippen molar-refractivity contribution in [2.75, 3.05) is 19.8 Å². The van der Waals surface area contributed by atoms with Crippen molar-refractivity contribution in [3.8, 4) is 0 Å². The third-order valence-corrected chi connectivity index (χ3v) is 2.81. The molecule has 0 aliphatic carbocycles. The van der Waals surface area contributed by atoms with E-state index in [1.165, 1.54) is 0 Å². The summed E-state index contributed by atoms with van der Waals surface area (Å²) in [5, 5.41) is 10.7.